The fraction of sp³-hybridized carbons (Fsp3) is 0.500. The molecule has 1 heterocycles. The third-order valence-corrected chi connectivity index (χ3v) is 4.05. The van der Waals surface area contributed by atoms with Crippen LogP contribution in [-0.2, 0) is 9.63 Å². The van der Waals surface area contributed by atoms with Gasteiger partial charge in [0.05, 0.1) is 18.9 Å². The van der Waals surface area contributed by atoms with Crippen LogP contribution in [0.25, 0.3) is 0 Å². The van der Waals surface area contributed by atoms with Crippen LogP contribution in [0.1, 0.15) is 6.92 Å². The molecule has 0 aromatic rings. The topological polar surface area (TPSA) is 90.2 Å². The number of nitrogens with zero attached hydrogens (tertiary/aromatic N) is 1. The highest BCUT2D eigenvalue weighted by Gasteiger charge is 2.65. The smallest absolute Gasteiger partial charge is 0.263 e. The van der Waals surface area contributed by atoms with E-state index in [-0.39, 0.29) is 5.70 Å². The van der Waals surface area contributed by atoms with Crippen molar-refractivity contribution >= 4 is 5.91 Å². The second kappa shape index (κ2) is 5.14. The molecule has 5 atom stereocenters. The Labute approximate surface area is 117 Å². The van der Waals surface area contributed by atoms with Gasteiger partial charge in [-0.1, -0.05) is 30.9 Å². The number of amides is 1. The number of hydrogen-bond acceptors (Lipinski definition) is 5. The van der Waals surface area contributed by atoms with Gasteiger partial charge in [-0.05, 0) is 6.92 Å². The Kier molecular flexibility index (Phi) is 3.84. The van der Waals surface area contributed by atoms with Crippen LogP contribution in [-0.4, -0.2) is 51.7 Å². The van der Waals surface area contributed by atoms with Crippen LogP contribution in [0.4, 0.5) is 0 Å². The highest BCUT2D eigenvalue weighted by molar-refractivity contribution is 5.90. The molecule has 1 spiro atoms. The fourth-order valence-corrected chi connectivity index (χ4v) is 3.03. The van der Waals surface area contributed by atoms with Crippen LogP contribution in [0.3, 0.4) is 0 Å². The van der Waals surface area contributed by atoms with E-state index < -0.39 is 35.6 Å². The maximum atomic E-state index is 12.6. The molecular formula is C14H19NO5. The van der Waals surface area contributed by atoms with Crippen molar-refractivity contribution in [1.29, 1.82) is 0 Å². The standard InChI is InChI=1S/C14H19NO5/c1-4-5-9-6-7-10(16)12(18)14(9)11(17)8(2)15(20-3)13(14)19/h4-7,9-12,16-18H,2H2,1,3H3/b5-4+. The van der Waals surface area contributed by atoms with Crippen molar-refractivity contribution in [3.05, 3.63) is 36.6 Å². The maximum absolute atomic E-state index is 12.6. The van der Waals surface area contributed by atoms with Crippen LogP contribution >= 0.6 is 0 Å². The first-order chi connectivity index (χ1) is 9.42. The molecule has 0 aromatic carbocycles. The zero-order valence-electron chi connectivity index (χ0n) is 11.4. The quantitative estimate of drug-likeness (QED) is 0.606. The lowest BCUT2D eigenvalue weighted by Crippen LogP contribution is -2.58. The Balaban J connectivity index is 2.61. The molecule has 1 amide bonds. The largest absolute Gasteiger partial charge is 0.389 e. The van der Waals surface area contributed by atoms with Gasteiger partial charge in [0, 0.05) is 5.92 Å². The van der Waals surface area contributed by atoms with Crippen molar-refractivity contribution < 1.29 is 25.0 Å². The zero-order chi connectivity index (χ0) is 15.1. The van der Waals surface area contributed by atoms with Crippen LogP contribution in [0.15, 0.2) is 36.6 Å². The van der Waals surface area contributed by atoms with E-state index in [2.05, 4.69) is 6.58 Å². The monoisotopic (exact) mass is 281 g/mol. The molecule has 6 nitrogen and oxygen atoms in total. The number of aliphatic hydroxyl groups excluding tert-OH is 3. The van der Waals surface area contributed by atoms with Crippen molar-refractivity contribution in [1.82, 2.24) is 5.06 Å². The van der Waals surface area contributed by atoms with Crippen LogP contribution in [0.2, 0.25) is 0 Å². The third kappa shape index (κ3) is 1.69. The summed E-state index contributed by atoms with van der Waals surface area (Å²) >= 11 is 0. The predicted molar refractivity (Wildman–Crippen MR) is 70.9 cm³/mol. The summed E-state index contributed by atoms with van der Waals surface area (Å²) in [6.45, 7) is 5.40. The Hall–Kier alpha value is -1.47. The van der Waals surface area contributed by atoms with Gasteiger partial charge in [-0.2, -0.15) is 5.06 Å². The summed E-state index contributed by atoms with van der Waals surface area (Å²) in [6, 6.07) is 0. The van der Waals surface area contributed by atoms with E-state index in [1.54, 1.807) is 25.2 Å². The number of carbonyl (C=O) groups is 1. The summed E-state index contributed by atoms with van der Waals surface area (Å²) in [5.74, 6) is -1.18. The van der Waals surface area contributed by atoms with Crippen molar-refractivity contribution in [2.24, 2.45) is 11.3 Å². The molecule has 3 N–H and O–H groups in total. The van der Waals surface area contributed by atoms with Gasteiger partial charge < -0.3 is 15.3 Å². The molecule has 0 aromatic heterocycles. The molecular weight excluding hydrogens is 262 g/mol. The molecule has 1 aliphatic carbocycles. The molecule has 2 aliphatic rings. The molecule has 0 bridgehead atoms. The number of carbonyl (C=O) groups excluding carboxylic acids is 1. The van der Waals surface area contributed by atoms with Gasteiger partial charge in [0.2, 0.25) is 0 Å². The fourth-order valence-electron chi connectivity index (χ4n) is 3.03. The molecule has 0 saturated carbocycles. The molecule has 2 rings (SSSR count). The number of aliphatic hydroxyl groups is 3. The van der Waals surface area contributed by atoms with Gasteiger partial charge in [0.25, 0.3) is 5.91 Å². The molecule has 5 unspecified atom stereocenters. The Morgan fingerprint density at radius 3 is 2.55 bits per heavy atom. The first kappa shape index (κ1) is 14.9. The second-order valence-corrected chi connectivity index (χ2v) is 4.98. The van der Waals surface area contributed by atoms with Crippen LogP contribution < -0.4 is 0 Å². The summed E-state index contributed by atoms with van der Waals surface area (Å²) in [5, 5.41) is 31.5. The van der Waals surface area contributed by atoms with E-state index in [0.29, 0.717) is 0 Å². The number of rotatable bonds is 2. The van der Waals surface area contributed by atoms with E-state index in [1.165, 1.54) is 13.2 Å². The van der Waals surface area contributed by atoms with Crippen molar-refractivity contribution in [3.8, 4) is 0 Å². The Morgan fingerprint density at radius 1 is 1.40 bits per heavy atom. The lowest BCUT2D eigenvalue weighted by atomic mass is 9.63. The van der Waals surface area contributed by atoms with Crippen molar-refractivity contribution in [3.63, 3.8) is 0 Å². The summed E-state index contributed by atoms with van der Waals surface area (Å²) in [5.41, 5.74) is -1.57. The lowest BCUT2D eigenvalue weighted by molar-refractivity contribution is -0.179. The van der Waals surface area contributed by atoms with E-state index in [0.717, 1.165) is 5.06 Å². The molecule has 110 valence electrons. The summed E-state index contributed by atoms with van der Waals surface area (Å²) in [6.07, 6.45) is 2.40. The molecule has 20 heavy (non-hydrogen) atoms. The number of hydrogen-bond donors (Lipinski definition) is 3. The van der Waals surface area contributed by atoms with Crippen LogP contribution in [0.5, 0.6) is 0 Å². The van der Waals surface area contributed by atoms with E-state index in [9.17, 15) is 20.1 Å². The van der Waals surface area contributed by atoms with Gasteiger partial charge in [0.15, 0.2) is 0 Å². The second-order valence-electron chi connectivity index (χ2n) is 4.98. The summed E-state index contributed by atoms with van der Waals surface area (Å²) in [7, 11) is 1.28. The Bertz CT molecular complexity index is 486. The minimum Gasteiger partial charge on any atom is -0.389 e. The van der Waals surface area contributed by atoms with Gasteiger partial charge in [-0.3, -0.25) is 9.63 Å². The van der Waals surface area contributed by atoms with Gasteiger partial charge >= 0.3 is 0 Å². The van der Waals surface area contributed by atoms with E-state index in [4.69, 9.17) is 4.84 Å². The highest BCUT2D eigenvalue weighted by atomic mass is 16.7. The van der Waals surface area contributed by atoms with Crippen LogP contribution in [0, 0.1) is 11.3 Å². The zero-order valence-corrected chi connectivity index (χ0v) is 11.4. The molecule has 6 heteroatoms. The van der Waals surface area contributed by atoms with Gasteiger partial charge in [0.1, 0.15) is 17.6 Å². The number of hydroxylamine groups is 2. The van der Waals surface area contributed by atoms with Gasteiger partial charge in [-0.25, -0.2) is 0 Å². The normalized spacial score (nSPS) is 41.4. The van der Waals surface area contributed by atoms with E-state index in [1.807, 2.05) is 0 Å². The lowest BCUT2D eigenvalue weighted by Gasteiger charge is -2.42. The maximum Gasteiger partial charge on any atom is 0.263 e. The van der Waals surface area contributed by atoms with E-state index >= 15 is 0 Å². The number of allylic oxidation sites excluding steroid dienone is 3. The third-order valence-electron chi connectivity index (χ3n) is 4.05. The van der Waals surface area contributed by atoms with Crippen molar-refractivity contribution in [2.75, 3.05) is 7.11 Å². The van der Waals surface area contributed by atoms with Crippen molar-refractivity contribution in [2.45, 2.75) is 25.2 Å². The summed E-state index contributed by atoms with van der Waals surface area (Å²) in [4.78, 5) is 17.5. The first-order valence-electron chi connectivity index (χ1n) is 6.35. The molecule has 1 aliphatic heterocycles. The minimum atomic E-state index is -1.62. The molecule has 0 radical (unpaired) electrons. The first-order valence-corrected chi connectivity index (χ1v) is 6.35. The van der Waals surface area contributed by atoms with Gasteiger partial charge in [-0.15, -0.1) is 0 Å². The average molecular weight is 281 g/mol. The highest BCUT2D eigenvalue weighted by Crippen LogP contribution is 2.50. The predicted octanol–water partition coefficient (Wildman–Crippen LogP) is -0.265. The summed E-state index contributed by atoms with van der Waals surface area (Å²) < 4.78 is 0. The Morgan fingerprint density at radius 2 is 2.05 bits per heavy atom. The minimum absolute atomic E-state index is 0.0496. The molecule has 1 saturated heterocycles. The molecule has 1 fully saturated rings. The average Bonchev–Trinajstić information content (AvgIpc) is 2.61. The SMILES string of the molecule is C=C1C(O)C2(C(=O)N1OC)C(/C=C/C)C=CC(O)C2O.